The van der Waals surface area contributed by atoms with E-state index in [4.69, 9.17) is 31.9 Å². The van der Waals surface area contributed by atoms with Gasteiger partial charge in [-0.25, -0.2) is 0 Å². The number of aliphatic hydroxyl groups excluding tert-OH is 1. The molecule has 0 bridgehead atoms. The van der Waals surface area contributed by atoms with Gasteiger partial charge in [-0.15, -0.1) is 0 Å². The first-order valence-electron chi connectivity index (χ1n) is 2.90. The lowest BCUT2D eigenvalue weighted by Gasteiger charge is -2.20. The molecule has 0 aliphatic carbocycles. The fraction of sp³-hybridized carbons (Fsp3) is 0.600. The van der Waals surface area contributed by atoms with Gasteiger partial charge in [0.1, 0.15) is 0 Å². The highest BCUT2D eigenvalue weighted by Crippen LogP contribution is 2.06. The van der Waals surface area contributed by atoms with Crippen molar-refractivity contribution in [3.63, 3.8) is 0 Å². The van der Waals surface area contributed by atoms with Crippen LogP contribution in [0.1, 0.15) is 0 Å². The summed E-state index contributed by atoms with van der Waals surface area (Å²) in [5.41, 5.74) is 9.77. The molecule has 0 spiro atoms. The Morgan fingerprint density at radius 1 is 1.45 bits per heavy atom. The van der Waals surface area contributed by atoms with E-state index in [9.17, 15) is 0 Å². The van der Waals surface area contributed by atoms with Crippen LogP contribution in [0.5, 0.6) is 0 Å². The maximum atomic E-state index is 8.79. The highest BCUT2D eigenvalue weighted by Gasteiger charge is 2.31. The Kier molecular flexibility index (Phi) is 3.43. The molecule has 0 radical (unpaired) electrons. The second-order valence-electron chi connectivity index (χ2n) is 2.03. The predicted molar refractivity (Wildman–Crippen MR) is 36.7 cm³/mol. The molecule has 11 heavy (non-hydrogen) atoms. The molecule has 1 unspecified atom stereocenters. The fourth-order valence-corrected chi connectivity index (χ4v) is 0.471. The Bertz CT molecular complexity index is 151. The summed E-state index contributed by atoms with van der Waals surface area (Å²) < 4.78 is 0. The third-order valence-electron chi connectivity index (χ3n) is 1.04. The van der Waals surface area contributed by atoms with Crippen LogP contribution < -0.4 is 11.5 Å². The van der Waals surface area contributed by atoms with Crippen molar-refractivity contribution < 1.29 is 20.4 Å². The molecule has 8 N–H and O–H groups in total. The van der Waals surface area contributed by atoms with Gasteiger partial charge in [-0.05, 0) is 6.08 Å². The quantitative estimate of drug-likeness (QED) is 0.243. The Morgan fingerprint density at radius 3 is 2.18 bits per heavy atom. The van der Waals surface area contributed by atoms with E-state index in [1.807, 2.05) is 0 Å². The largest absolute Gasteiger partial charge is 0.400 e. The molecule has 0 aliphatic heterocycles. The number of hydrogen-bond donors (Lipinski definition) is 6. The van der Waals surface area contributed by atoms with Crippen molar-refractivity contribution in [2.45, 2.75) is 12.1 Å². The first-order chi connectivity index (χ1) is 4.89. The van der Waals surface area contributed by atoms with Crippen LogP contribution in [0.25, 0.3) is 0 Å². The van der Waals surface area contributed by atoms with Crippen molar-refractivity contribution in [3.8, 4) is 0 Å². The molecule has 0 amide bonds. The van der Waals surface area contributed by atoms with E-state index in [-0.39, 0.29) is 12.2 Å². The summed E-state index contributed by atoms with van der Waals surface area (Å²) in [4.78, 5) is 0. The maximum Gasteiger partial charge on any atom is 0.308 e. The zero-order valence-corrected chi connectivity index (χ0v) is 5.81. The van der Waals surface area contributed by atoms with Gasteiger partial charge in [-0.1, -0.05) is 0 Å². The van der Waals surface area contributed by atoms with Crippen molar-refractivity contribution in [2.75, 3.05) is 6.54 Å². The summed E-state index contributed by atoms with van der Waals surface area (Å²) in [7, 11) is 0. The molecular weight excluding hydrogens is 152 g/mol. The standard InChI is InChI=1S/C5H12N2O4/c6-2-1-3(7)4(8)5(9,10)11/h1,4,8-11H,2,6-7H2. The number of aliphatic hydroxyl groups is 4. The lowest BCUT2D eigenvalue weighted by atomic mass is 10.2. The van der Waals surface area contributed by atoms with Crippen LogP contribution in [0.4, 0.5) is 0 Å². The van der Waals surface area contributed by atoms with Crippen LogP contribution in [0, 0.1) is 0 Å². The van der Waals surface area contributed by atoms with E-state index >= 15 is 0 Å². The molecule has 0 aromatic rings. The summed E-state index contributed by atoms with van der Waals surface area (Å²) >= 11 is 0. The first kappa shape index (κ1) is 10.3. The van der Waals surface area contributed by atoms with Gasteiger partial charge in [0.05, 0.1) is 0 Å². The van der Waals surface area contributed by atoms with Crippen molar-refractivity contribution in [1.29, 1.82) is 0 Å². The molecule has 0 heterocycles. The van der Waals surface area contributed by atoms with Crippen LogP contribution in [0.3, 0.4) is 0 Å². The molecule has 0 saturated carbocycles. The van der Waals surface area contributed by atoms with Crippen LogP contribution in [0.15, 0.2) is 11.8 Å². The Hall–Kier alpha value is -0.660. The lowest BCUT2D eigenvalue weighted by Crippen LogP contribution is -2.45. The Balaban J connectivity index is 4.25. The van der Waals surface area contributed by atoms with Crippen LogP contribution in [-0.4, -0.2) is 39.0 Å². The lowest BCUT2D eigenvalue weighted by molar-refractivity contribution is -0.347. The molecule has 0 aromatic carbocycles. The monoisotopic (exact) mass is 164 g/mol. The molecule has 66 valence electrons. The highest BCUT2D eigenvalue weighted by molar-refractivity contribution is 5.05. The Morgan fingerprint density at radius 2 is 1.91 bits per heavy atom. The molecule has 0 saturated heterocycles. The van der Waals surface area contributed by atoms with Crippen molar-refractivity contribution in [1.82, 2.24) is 0 Å². The van der Waals surface area contributed by atoms with Crippen LogP contribution >= 0.6 is 0 Å². The van der Waals surface area contributed by atoms with E-state index in [0.29, 0.717) is 0 Å². The van der Waals surface area contributed by atoms with Gasteiger partial charge in [0.15, 0.2) is 6.10 Å². The van der Waals surface area contributed by atoms with Gasteiger partial charge in [-0.2, -0.15) is 0 Å². The van der Waals surface area contributed by atoms with Crippen molar-refractivity contribution in [2.24, 2.45) is 11.5 Å². The summed E-state index contributed by atoms with van der Waals surface area (Å²) in [6.07, 6.45) is -0.784. The van der Waals surface area contributed by atoms with Gasteiger partial charge in [0.25, 0.3) is 0 Å². The minimum absolute atomic E-state index is 0.0406. The molecule has 0 aromatic heterocycles. The molecule has 0 fully saturated rings. The second kappa shape index (κ2) is 3.65. The molecule has 0 aliphatic rings. The molecule has 6 nitrogen and oxygen atoms in total. The minimum atomic E-state index is -3.21. The zero-order valence-electron chi connectivity index (χ0n) is 5.81. The molecule has 0 rings (SSSR count). The molecular formula is C5H12N2O4. The van der Waals surface area contributed by atoms with Gasteiger partial charge in [0.2, 0.25) is 0 Å². The fourth-order valence-electron chi connectivity index (χ4n) is 0.471. The third-order valence-corrected chi connectivity index (χ3v) is 1.04. The van der Waals surface area contributed by atoms with Gasteiger partial charge < -0.3 is 31.9 Å². The van der Waals surface area contributed by atoms with Crippen molar-refractivity contribution in [3.05, 3.63) is 11.8 Å². The van der Waals surface area contributed by atoms with Gasteiger partial charge in [-0.3, -0.25) is 0 Å². The van der Waals surface area contributed by atoms with Gasteiger partial charge in [0, 0.05) is 12.2 Å². The van der Waals surface area contributed by atoms with E-state index in [1.54, 1.807) is 0 Å². The van der Waals surface area contributed by atoms with E-state index in [2.05, 4.69) is 0 Å². The summed E-state index contributed by atoms with van der Waals surface area (Å²) in [6.45, 7) is 0.0406. The summed E-state index contributed by atoms with van der Waals surface area (Å²) in [6, 6.07) is 0. The van der Waals surface area contributed by atoms with Crippen LogP contribution in [-0.2, 0) is 0 Å². The first-order valence-corrected chi connectivity index (χ1v) is 2.90. The average Bonchev–Trinajstić information content (AvgIpc) is 1.85. The van der Waals surface area contributed by atoms with Crippen molar-refractivity contribution >= 4 is 0 Å². The number of nitrogens with two attached hydrogens (primary N) is 2. The number of hydrogen-bond acceptors (Lipinski definition) is 6. The predicted octanol–water partition coefficient (Wildman–Crippen LogP) is -3.22. The third kappa shape index (κ3) is 3.30. The topological polar surface area (TPSA) is 133 Å². The van der Waals surface area contributed by atoms with Crippen LogP contribution in [0.2, 0.25) is 0 Å². The van der Waals surface area contributed by atoms with Gasteiger partial charge >= 0.3 is 5.97 Å². The van der Waals surface area contributed by atoms with E-state index in [1.165, 1.54) is 0 Å². The molecule has 1 atom stereocenters. The SMILES string of the molecule is NCC=C(N)C(O)C(O)(O)O. The van der Waals surface area contributed by atoms with E-state index < -0.39 is 12.1 Å². The zero-order chi connectivity index (χ0) is 9.07. The highest BCUT2D eigenvalue weighted by atomic mass is 16.7. The summed E-state index contributed by atoms with van der Waals surface area (Å²) in [5.74, 6) is -3.21. The second-order valence-corrected chi connectivity index (χ2v) is 2.03. The average molecular weight is 164 g/mol. The normalized spacial score (nSPS) is 16.6. The minimum Gasteiger partial charge on any atom is -0.400 e. The smallest absolute Gasteiger partial charge is 0.308 e. The number of rotatable bonds is 3. The summed E-state index contributed by atoms with van der Waals surface area (Å²) in [5, 5.41) is 33.9. The molecule has 6 heteroatoms. The Labute approximate surface area is 63.4 Å². The van der Waals surface area contributed by atoms with E-state index in [0.717, 1.165) is 6.08 Å². The maximum absolute atomic E-state index is 8.79.